The molecule has 1 aromatic carbocycles. The van der Waals surface area contributed by atoms with Gasteiger partial charge in [0.1, 0.15) is 22.3 Å². The number of sulfonamides is 1. The predicted octanol–water partition coefficient (Wildman–Crippen LogP) is 1.12. The standard InChI is InChI=1S/C13H16FN3O2S/c14-12-4-1-5-13(11(12)9-15)20(18,19)17-8-6-10-3-2-7-16-10/h1,4-5,10,16-17H,2-3,6-8H2. The fourth-order valence-electron chi connectivity index (χ4n) is 2.29. The van der Waals surface area contributed by atoms with Crippen molar-refractivity contribution in [3.63, 3.8) is 0 Å². The number of hydrogen-bond donors (Lipinski definition) is 2. The smallest absolute Gasteiger partial charge is 0.241 e. The molecule has 0 amide bonds. The number of nitrogens with one attached hydrogen (secondary N) is 2. The molecule has 0 spiro atoms. The van der Waals surface area contributed by atoms with Gasteiger partial charge in [0.25, 0.3) is 0 Å². The van der Waals surface area contributed by atoms with Crippen LogP contribution in [0, 0.1) is 17.1 Å². The van der Waals surface area contributed by atoms with Gasteiger partial charge in [-0.1, -0.05) is 6.07 Å². The first-order chi connectivity index (χ1) is 9.54. The van der Waals surface area contributed by atoms with Gasteiger partial charge in [0, 0.05) is 12.6 Å². The first-order valence-corrected chi connectivity index (χ1v) is 7.94. The molecule has 1 aliphatic heterocycles. The zero-order valence-corrected chi connectivity index (χ0v) is 11.7. The molecule has 1 aromatic rings. The second kappa shape index (κ2) is 6.31. The van der Waals surface area contributed by atoms with Crippen LogP contribution in [0.4, 0.5) is 4.39 Å². The van der Waals surface area contributed by atoms with Gasteiger partial charge in [-0.3, -0.25) is 0 Å². The highest BCUT2D eigenvalue weighted by molar-refractivity contribution is 7.89. The van der Waals surface area contributed by atoms with Crippen molar-refractivity contribution in [2.75, 3.05) is 13.1 Å². The second-order valence-corrected chi connectivity index (χ2v) is 6.44. The van der Waals surface area contributed by atoms with Crippen LogP contribution in [-0.2, 0) is 10.0 Å². The molecule has 1 aliphatic rings. The summed E-state index contributed by atoms with van der Waals surface area (Å²) in [7, 11) is -3.86. The number of nitriles is 1. The van der Waals surface area contributed by atoms with E-state index in [1.54, 1.807) is 6.07 Å². The third kappa shape index (κ3) is 3.33. The molecule has 0 aromatic heterocycles. The van der Waals surface area contributed by atoms with E-state index in [9.17, 15) is 12.8 Å². The molecule has 20 heavy (non-hydrogen) atoms. The van der Waals surface area contributed by atoms with Crippen LogP contribution in [0.15, 0.2) is 23.1 Å². The summed E-state index contributed by atoms with van der Waals surface area (Å²) in [6.07, 6.45) is 2.81. The molecule has 1 atom stereocenters. The summed E-state index contributed by atoms with van der Waals surface area (Å²) in [5, 5.41) is 12.1. The van der Waals surface area contributed by atoms with Gasteiger partial charge in [0.05, 0.1) is 0 Å². The topological polar surface area (TPSA) is 82.0 Å². The molecule has 7 heteroatoms. The highest BCUT2D eigenvalue weighted by Gasteiger charge is 2.21. The van der Waals surface area contributed by atoms with E-state index in [2.05, 4.69) is 10.0 Å². The first kappa shape index (κ1) is 14.9. The number of benzene rings is 1. The van der Waals surface area contributed by atoms with Crippen molar-refractivity contribution in [2.45, 2.75) is 30.2 Å². The molecule has 1 saturated heterocycles. The highest BCUT2D eigenvalue weighted by atomic mass is 32.2. The minimum atomic E-state index is -3.86. The second-order valence-electron chi connectivity index (χ2n) is 4.70. The van der Waals surface area contributed by atoms with E-state index in [0.717, 1.165) is 25.5 Å². The number of nitrogens with zero attached hydrogens (tertiary/aromatic N) is 1. The van der Waals surface area contributed by atoms with Crippen molar-refractivity contribution >= 4 is 10.0 Å². The van der Waals surface area contributed by atoms with Crippen LogP contribution < -0.4 is 10.0 Å². The summed E-state index contributed by atoms with van der Waals surface area (Å²) in [5.41, 5.74) is -0.445. The normalized spacial score (nSPS) is 18.9. The summed E-state index contributed by atoms with van der Waals surface area (Å²) in [6, 6.07) is 5.50. The Kier molecular flexibility index (Phi) is 4.70. The summed E-state index contributed by atoms with van der Waals surface area (Å²) in [4.78, 5) is -0.306. The number of rotatable bonds is 5. The molecular formula is C13H16FN3O2S. The molecule has 2 rings (SSSR count). The van der Waals surface area contributed by atoms with Crippen LogP contribution in [0.25, 0.3) is 0 Å². The predicted molar refractivity (Wildman–Crippen MR) is 71.9 cm³/mol. The molecule has 108 valence electrons. The van der Waals surface area contributed by atoms with Crippen molar-refractivity contribution in [1.82, 2.24) is 10.0 Å². The largest absolute Gasteiger partial charge is 0.314 e. The lowest BCUT2D eigenvalue weighted by Crippen LogP contribution is -2.31. The average molecular weight is 297 g/mol. The molecule has 1 unspecified atom stereocenters. The van der Waals surface area contributed by atoms with Gasteiger partial charge in [-0.25, -0.2) is 17.5 Å². The van der Waals surface area contributed by atoms with E-state index in [0.29, 0.717) is 12.5 Å². The van der Waals surface area contributed by atoms with E-state index >= 15 is 0 Å². The van der Waals surface area contributed by atoms with Crippen LogP contribution in [-0.4, -0.2) is 27.5 Å². The number of hydrogen-bond acceptors (Lipinski definition) is 4. The summed E-state index contributed by atoms with van der Waals surface area (Å²) in [5.74, 6) is -0.826. The van der Waals surface area contributed by atoms with E-state index in [1.165, 1.54) is 12.1 Å². The minimum absolute atomic E-state index is 0.265. The molecule has 2 N–H and O–H groups in total. The zero-order valence-electron chi connectivity index (χ0n) is 10.9. The van der Waals surface area contributed by atoms with Gasteiger partial charge in [0.15, 0.2) is 0 Å². The average Bonchev–Trinajstić information content (AvgIpc) is 2.91. The van der Waals surface area contributed by atoms with E-state index < -0.39 is 21.4 Å². The Labute approximate surface area is 117 Å². The van der Waals surface area contributed by atoms with Gasteiger partial charge in [-0.05, 0) is 37.9 Å². The van der Waals surface area contributed by atoms with Crippen molar-refractivity contribution in [3.05, 3.63) is 29.6 Å². The van der Waals surface area contributed by atoms with Crippen LogP contribution >= 0.6 is 0 Å². The quantitative estimate of drug-likeness (QED) is 0.853. The van der Waals surface area contributed by atoms with Crippen molar-refractivity contribution in [3.8, 4) is 6.07 Å². The zero-order chi connectivity index (χ0) is 14.6. The molecule has 0 saturated carbocycles. The Morgan fingerprint density at radius 3 is 2.95 bits per heavy atom. The van der Waals surface area contributed by atoms with Crippen LogP contribution in [0.3, 0.4) is 0 Å². The van der Waals surface area contributed by atoms with E-state index in [4.69, 9.17) is 5.26 Å². The van der Waals surface area contributed by atoms with Crippen molar-refractivity contribution in [2.24, 2.45) is 0 Å². The van der Waals surface area contributed by atoms with Crippen LogP contribution in [0.2, 0.25) is 0 Å². The molecule has 5 nitrogen and oxygen atoms in total. The van der Waals surface area contributed by atoms with E-state index in [1.807, 2.05) is 0 Å². The summed E-state index contributed by atoms with van der Waals surface area (Å²) in [6.45, 7) is 1.22. The lowest BCUT2D eigenvalue weighted by molar-refractivity contribution is 0.538. The fraction of sp³-hybridized carbons (Fsp3) is 0.462. The van der Waals surface area contributed by atoms with Gasteiger partial charge >= 0.3 is 0 Å². The lowest BCUT2D eigenvalue weighted by atomic mass is 10.2. The summed E-state index contributed by atoms with van der Waals surface area (Å²) >= 11 is 0. The van der Waals surface area contributed by atoms with Crippen LogP contribution in [0.5, 0.6) is 0 Å². The fourth-order valence-corrected chi connectivity index (χ4v) is 3.50. The van der Waals surface area contributed by atoms with Gasteiger partial charge in [-0.15, -0.1) is 0 Å². The van der Waals surface area contributed by atoms with Crippen LogP contribution in [0.1, 0.15) is 24.8 Å². The van der Waals surface area contributed by atoms with Crippen molar-refractivity contribution < 1.29 is 12.8 Å². The van der Waals surface area contributed by atoms with Crippen molar-refractivity contribution in [1.29, 1.82) is 5.26 Å². The minimum Gasteiger partial charge on any atom is -0.314 e. The monoisotopic (exact) mass is 297 g/mol. The highest BCUT2D eigenvalue weighted by Crippen LogP contribution is 2.18. The Bertz CT molecular complexity index is 619. The molecule has 0 bridgehead atoms. The Balaban J connectivity index is 2.06. The molecular weight excluding hydrogens is 281 g/mol. The van der Waals surface area contributed by atoms with Gasteiger partial charge in [-0.2, -0.15) is 5.26 Å². The third-order valence-electron chi connectivity index (χ3n) is 3.32. The van der Waals surface area contributed by atoms with E-state index in [-0.39, 0.29) is 11.4 Å². The Hall–Kier alpha value is -1.49. The maximum atomic E-state index is 13.4. The Morgan fingerprint density at radius 2 is 2.30 bits per heavy atom. The third-order valence-corrected chi connectivity index (χ3v) is 4.83. The van der Waals surface area contributed by atoms with Gasteiger partial charge < -0.3 is 5.32 Å². The molecule has 0 aliphatic carbocycles. The SMILES string of the molecule is N#Cc1c(F)cccc1S(=O)(=O)NCCC1CCCN1. The first-order valence-electron chi connectivity index (χ1n) is 6.46. The maximum Gasteiger partial charge on any atom is 0.241 e. The Morgan fingerprint density at radius 1 is 1.50 bits per heavy atom. The molecule has 1 heterocycles. The summed E-state index contributed by atoms with van der Waals surface area (Å²) < 4.78 is 40.0. The molecule has 1 fully saturated rings. The molecule has 0 radical (unpaired) electrons. The number of halogens is 1. The van der Waals surface area contributed by atoms with Gasteiger partial charge in [0.2, 0.25) is 10.0 Å². The maximum absolute atomic E-state index is 13.4. The lowest BCUT2D eigenvalue weighted by Gasteiger charge is -2.12.